The molecule has 0 bridgehead atoms. The molecule has 1 aliphatic heterocycles. The molecule has 4 heterocycles. The predicted molar refractivity (Wildman–Crippen MR) is 82.2 cm³/mol. The molecule has 0 amide bonds. The van der Waals surface area contributed by atoms with Crippen LogP contribution in [0, 0.1) is 13.8 Å². The Hall–Kier alpha value is -2.55. The summed E-state index contributed by atoms with van der Waals surface area (Å²) in [7, 11) is 1.82. The van der Waals surface area contributed by atoms with Crippen LogP contribution in [0.1, 0.15) is 23.2 Å². The van der Waals surface area contributed by atoms with Gasteiger partial charge in [-0.2, -0.15) is 9.61 Å². The molecule has 120 valence electrons. The maximum absolute atomic E-state index is 5.87. The molecule has 0 aliphatic carbocycles. The standard InChI is InChI=1S/C14H18N8O/c1-9-10(2)16-12-4-5-15-22(12)14(9)21-6-7-23-11(8-21)13-17-18-19-20(13)3/h4-5,11H,6-8H2,1-3H3. The Morgan fingerprint density at radius 1 is 1.30 bits per heavy atom. The lowest BCUT2D eigenvalue weighted by atomic mass is 10.2. The molecule has 1 fully saturated rings. The number of fused-ring (bicyclic) bond motifs is 1. The van der Waals surface area contributed by atoms with Crippen molar-refractivity contribution in [1.82, 2.24) is 34.8 Å². The molecule has 3 aromatic rings. The fraction of sp³-hybridized carbons (Fsp3) is 0.500. The van der Waals surface area contributed by atoms with Gasteiger partial charge in [-0.25, -0.2) is 9.67 Å². The molecular weight excluding hydrogens is 296 g/mol. The average Bonchev–Trinajstić information content (AvgIpc) is 3.17. The summed E-state index contributed by atoms with van der Waals surface area (Å²) in [5.41, 5.74) is 2.99. The molecular formula is C14H18N8O. The van der Waals surface area contributed by atoms with E-state index in [0.717, 1.165) is 35.1 Å². The van der Waals surface area contributed by atoms with Crippen LogP contribution in [-0.4, -0.2) is 54.5 Å². The second kappa shape index (κ2) is 5.27. The van der Waals surface area contributed by atoms with Gasteiger partial charge in [-0.3, -0.25) is 0 Å². The summed E-state index contributed by atoms with van der Waals surface area (Å²) < 4.78 is 9.41. The quantitative estimate of drug-likeness (QED) is 0.678. The highest BCUT2D eigenvalue weighted by atomic mass is 16.5. The van der Waals surface area contributed by atoms with Crippen LogP contribution in [0.15, 0.2) is 12.3 Å². The summed E-state index contributed by atoms with van der Waals surface area (Å²) in [6.07, 6.45) is 1.61. The minimum atomic E-state index is -0.165. The van der Waals surface area contributed by atoms with E-state index in [1.54, 1.807) is 10.9 Å². The van der Waals surface area contributed by atoms with E-state index in [1.165, 1.54) is 0 Å². The van der Waals surface area contributed by atoms with Crippen LogP contribution in [0.4, 0.5) is 5.82 Å². The molecule has 1 unspecified atom stereocenters. The third-order valence-corrected chi connectivity index (χ3v) is 4.29. The topological polar surface area (TPSA) is 86.3 Å². The summed E-state index contributed by atoms with van der Waals surface area (Å²) >= 11 is 0. The maximum Gasteiger partial charge on any atom is 0.181 e. The van der Waals surface area contributed by atoms with Gasteiger partial charge in [0, 0.05) is 30.9 Å². The molecule has 0 radical (unpaired) electrons. The van der Waals surface area contributed by atoms with Crippen LogP contribution in [0.25, 0.3) is 5.65 Å². The van der Waals surface area contributed by atoms with Crippen molar-refractivity contribution in [2.45, 2.75) is 20.0 Å². The number of rotatable bonds is 2. The Morgan fingerprint density at radius 3 is 2.96 bits per heavy atom. The normalized spacial score (nSPS) is 18.7. The van der Waals surface area contributed by atoms with Gasteiger partial charge in [0.2, 0.25) is 0 Å². The Kier molecular flexibility index (Phi) is 3.22. The zero-order valence-electron chi connectivity index (χ0n) is 13.3. The van der Waals surface area contributed by atoms with Crippen molar-refractivity contribution in [3.8, 4) is 0 Å². The molecule has 23 heavy (non-hydrogen) atoms. The van der Waals surface area contributed by atoms with Crippen molar-refractivity contribution in [3.05, 3.63) is 29.3 Å². The Balaban J connectivity index is 1.74. The van der Waals surface area contributed by atoms with Crippen LogP contribution in [0.2, 0.25) is 0 Å². The summed E-state index contributed by atoms with van der Waals surface area (Å²) in [4.78, 5) is 6.85. The lowest BCUT2D eigenvalue weighted by Gasteiger charge is -2.34. The van der Waals surface area contributed by atoms with E-state index >= 15 is 0 Å². The molecule has 0 saturated carbocycles. The number of hydrogen-bond acceptors (Lipinski definition) is 7. The SMILES string of the molecule is Cc1nc2ccnn2c(N2CCOC(c3nnnn3C)C2)c1C. The second-order valence-electron chi connectivity index (χ2n) is 5.71. The molecule has 0 N–H and O–H groups in total. The lowest BCUT2D eigenvalue weighted by molar-refractivity contribution is 0.0312. The van der Waals surface area contributed by atoms with Gasteiger partial charge in [0.05, 0.1) is 19.3 Å². The molecule has 9 nitrogen and oxygen atoms in total. The zero-order valence-corrected chi connectivity index (χ0v) is 13.3. The number of aryl methyl sites for hydroxylation is 2. The number of tetrazole rings is 1. The van der Waals surface area contributed by atoms with Crippen LogP contribution in [0.5, 0.6) is 0 Å². The number of hydrogen-bond donors (Lipinski definition) is 0. The monoisotopic (exact) mass is 314 g/mol. The van der Waals surface area contributed by atoms with Gasteiger partial charge in [-0.15, -0.1) is 5.10 Å². The molecule has 1 aliphatic rings. The van der Waals surface area contributed by atoms with Crippen LogP contribution in [-0.2, 0) is 11.8 Å². The van der Waals surface area contributed by atoms with Gasteiger partial charge in [0.25, 0.3) is 0 Å². The van der Waals surface area contributed by atoms with Crippen LogP contribution >= 0.6 is 0 Å². The minimum Gasteiger partial charge on any atom is -0.366 e. The van der Waals surface area contributed by atoms with Crippen LogP contribution in [0.3, 0.4) is 0 Å². The smallest absolute Gasteiger partial charge is 0.181 e. The van der Waals surface area contributed by atoms with Gasteiger partial charge >= 0.3 is 0 Å². The fourth-order valence-electron chi connectivity index (χ4n) is 3.00. The Morgan fingerprint density at radius 2 is 2.17 bits per heavy atom. The van der Waals surface area contributed by atoms with Crippen molar-refractivity contribution in [3.63, 3.8) is 0 Å². The highest BCUT2D eigenvalue weighted by molar-refractivity contribution is 5.56. The van der Waals surface area contributed by atoms with Crippen molar-refractivity contribution in [2.75, 3.05) is 24.6 Å². The third-order valence-electron chi connectivity index (χ3n) is 4.29. The van der Waals surface area contributed by atoms with E-state index in [9.17, 15) is 0 Å². The highest BCUT2D eigenvalue weighted by Gasteiger charge is 2.28. The molecule has 1 atom stereocenters. The van der Waals surface area contributed by atoms with E-state index in [-0.39, 0.29) is 6.10 Å². The average molecular weight is 314 g/mol. The largest absolute Gasteiger partial charge is 0.366 e. The first-order valence-corrected chi connectivity index (χ1v) is 7.55. The summed E-state index contributed by atoms with van der Waals surface area (Å²) in [5.74, 6) is 1.79. The summed E-state index contributed by atoms with van der Waals surface area (Å²) in [5, 5.41) is 16.1. The molecule has 4 rings (SSSR count). The molecule has 0 spiro atoms. The fourth-order valence-corrected chi connectivity index (χ4v) is 3.00. The van der Waals surface area contributed by atoms with Gasteiger partial charge in [-0.05, 0) is 24.3 Å². The van der Waals surface area contributed by atoms with E-state index in [2.05, 4.69) is 37.4 Å². The first kappa shape index (κ1) is 14.1. The predicted octanol–water partition coefficient (Wildman–Crippen LogP) is 0.448. The van der Waals surface area contributed by atoms with Gasteiger partial charge in [0.15, 0.2) is 11.5 Å². The number of morpholine rings is 1. The summed E-state index contributed by atoms with van der Waals surface area (Å²) in [6, 6.07) is 1.92. The number of nitrogens with zero attached hydrogens (tertiary/aromatic N) is 8. The van der Waals surface area contributed by atoms with E-state index in [4.69, 9.17) is 4.74 Å². The first-order valence-electron chi connectivity index (χ1n) is 7.55. The van der Waals surface area contributed by atoms with Gasteiger partial charge in [0.1, 0.15) is 11.9 Å². The number of ether oxygens (including phenoxy) is 1. The van der Waals surface area contributed by atoms with E-state index in [0.29, 0.717) is 13.2 Å². The minimum absolute atomic E-state index is 0.165. The summed E-state index contributed by atoms with van der Waals surface area (Å²) in [6.45, 7) is 6.18. The van der Waals surface area contributed by atoms with Crippen molar-refractivity contribution in [2.24, 2.45) is 7.05 Å². The Bertz CT molecular complexity index is 854. The van der Waals surface area contributed by atoms with Gasteiger partial charge < -0.3 is 9.64 Å². The maximum atomic E-state index is 5.87. The van der Waals surface area contributed by atoms with E-state index < -0.39 is 0 Å². The number of anilines is 1. The highest BCUT2D eigenvalue weighted by Crippen LogP contribution is 2.28. The third kappa shape index (κ3) is 2.24. The van der Waals surface area contributed by atoms with E-state index in [1.807, 2.05) is 24.6 Å². The zero-order chi connectivity index (χ0) is 16.0. The second-order valence-corrected chi connectivity index (χ2v) is 5.71. The molecule has 3 aromatic heterocycles. The van der Waals surface area contributed by atoms with Crippen LogP contribution < -0.4 is 4.90 Å². The number of aromatic nitrogens is 7. The first-order chi connectivity index (χ1) is 11.1. The molecule has 9 heteroatoms. The van der Waals surface area contributed by atoms with Gasteiger partial charge in [-0.1, -0.05) is 0 Å². The van der Waals surface area contributed by atoms with Crippen molar-refractivity contribution in [1.29, 1.82) is 0 Å². The van der Waals surface area contributed by atoms with Crippen molar-refractivity contribution >= 4 is 11.5 Å². The molecule has 1 saturated heterocycles. The Labute approximate surface area is 132 Å². The lowest BCUT2D eigenvalue weighted by Crippen LogP contribution is -2.40. The van der Waals surface area contributed by atoms with Crippen molar-refractivity contribution < 1.29 is 4.74 Å². The molecule has 0 aromatic carbocycles.